The summed E-state index contributed by atoms with van der Waals surface area (Å²) in [5, 5.41) is 0. The molecule has 0 amide bonds. The van der Waals surface area contributed by atoms with Gasteiger partial charge in [-0.2, -0.15) is 0 Å². The predicted octanol–water partition coefficient (Wildman–Crippen LogP) is 5.92. The molecule has 4 rings (SSSR count). The Kier molecular flexibility index (Phi) is 5.59. The SMILES string of the molecule is CCC[Si](CC)(C1C=Cc2ccccc21)C1C=Cc2ccccc21.[LiH]. The van der Waals surface area contributed by atoms with Crippen molar-refractivity contribution in [3.05, 3.63) is 82.9 Å². The van der Waals surface area contributed by atoms with Crippen LogP contribution in [0.3, 0.4) is 0 Å². The van der Waals surface area contributed by atoms with Gasteiger partial charge in [0.25, 0.3) is 0 Å². The Bertz CT molecular complexity index is 744. The van der Waals surface area contributed by atoms with Crippen molar-refractivity contribution in [3.63, 3.8) is 0 Å². The first-order valence-corrected chi connectivity index (χ1v) is 11.9. The van der Waals surface area contributed by atoms with Crippen molar-refractivity contribution < 1.29 is 0 Å². The Morgan fingerprint density at radius 1 is 0.760 bits per heavy atom. The molecule has 0 bridgehead atoms. The molecule has 2 aliphatic rings. The van der Waals surface area contributed by atoms with E-state index in [0.717, 1.165) is 0 Å². The molecule has 0 heterocycles. The van der Waals surface area contributed by atoms with Gasteiger partial charge in [-0.1, -0.05) is 105 Å². The molecule has 0 N–H and O–H groups in total. The average Bonchev–Trinajstić information content (AvgIpc) is 3.25. The van der Waals surface area contributed by atoms with E-state index in [2.05, 4.69) is 86.7 Å². The summed E-state index contributed by atoms with van der Waals surface area (Å²) in [6.07, 6.45) is 11.1. The number of hydrogen-bond donors (Lipinski definition) is 0. The van der Waals surface area contributed by atoms with E-state index in [-0.39, 0.29) is 18.9 Å². The number of allylic oxidation sites excluding steroid dienone is 2. The molecule has 0 saturated carbocycles. The van der Waals surface area contributed by atoms with Gasteiger partial charge in [0.15, 0.2) is 0 Å². The normalized spacial score (nSPS) is 22.2. The second-order valence-electron chi connectivity index (χ2n) is 7.27. The molecule has 2 heteroatoms. The molecule has 2 atom stereocenters. The van der Waals surface area contributed by atoms with Crippen molar-refractivity contribution in [3.8, 4) is 0 Å². The Balaban J connectivity index is 0.00000182. The van der Waals surface area contributed by atoms with E-state index in [4.69, 9.17) is 0 Å². The first-order chi connectivity index (χ1) is 11.8. The van der Waals surface area contributed by atoms with Gasteiger partial charge in [0.1, 0.15) is 0 Å². The molecule has 0 spiro atoms. The van der Waals surface area contributed by atoms with Crippen LogP contribution in [0.25, 0.3) is 12.2 Å². The molecular weight excluding hydrogens is 311 g/mol. The van der Waals surface area contributed by atoms with Gasteiger partial charge in [-0.05, 0) is 33.3 Å². The summed E-state index contributed by atoms with van der Waals surface area (Å²) < 4.78 is 0. The minimum atomic E-state index is -1.58. The van der Waals surface area contributed by atoms with E-state index >= 15 is 0 Å². The van der Waals surface area contributed by atoms with Gasteiger partial charge in [0.05, 0.1) is 8.07 Å². The third-order valence-corrected chi connectivity index (χ3v) is 12.4. The Labute approximate surface area is 165 Å². The summed E-state index contributed by atoms with van der Waals surface area (Å²) in [5.41, 5.74) is 7.35. The van der Waals surface area contributed by atoms with Crippen LogP contribution in [-0.2, 0) is 0 Å². The van der Waals surface area contributed by atoms with Crippen molar-refractivity contribution in [2.75, 3.05) is 0 Å². The number of benzene rings is 2. The zero-order chi connectivity index (χ0) is 16.6. The van der Waals surface area contributed by atoms with Crippen molar-refractivity contribution in [2.24, 2.45) is 0 Å². The van der Waals surface area contributed by atoms with Gasteiger partial charge >= 0.3 is 18.9 Å². The van der Waals surface area contributed by atoms with Crippen LogP contribution in [0.5, 0.6) is 0 Å². The zero-order valence-corrected chi connectivity index (χ0v) is 15.7. The molecule has 0 aliphatic heterocycles. The molecule has 0 aromatic heterocycles. The Morgan fingerprint density at radius 3 is 1.68 bits per heavy atom. The van der Waals surface area contributed by atoms with Crippen molar-refractivity contribution >= 4 is 39.1 Å². The fourth-order valence-electron chi connectivity index (χ4n) is 5.09. The summed E-state index contributed by atoms with van der Waals surface area (Å²) in [5.74, 6) is 0. The second-order valence-corrected chi connectivity index (χ2v) is 12.2. The van der Waals surface area contributed by atoms with E-state index in [0.29, 0.717) is 11.1 Å². The molecule has 0 radical (unpaired) electrons. The molecule has 2 aromatic rings. The quantitative estimate of drug-likeness (QED) is 0.594. The molecule has 0 fully saturated rings. The summed E-state index contributed by atoms with van der Waals surface area (Å²) in [6.45, 7) is 4.82. The number of hydrogen-bond acceptors (Lipinski definition) is 0. The monoisotopic (exact) mass is 338 g/mol. The first-order valence-electron chi connectivity index (χ1n) is 9.34. The topological polar surface area (TPSA) is 0 Å². The van der Waals surface area contributed by atoms with E-state index in [1.165, 1.54) is 29.6 Å². The van der Waals surface area contributed by atoms with Gasteiger partial charge < -0.3 is 0 Å². The summed E-state index contributed by atoms with van der Waals surface area (Å²) in [4.78, 5) is 0. The summed E-state index contributed by atoms with van der Waals surface area (Å²) in [7, 11) is -1.58. The Morgan fingerprint density at radius 2 is 1.24 bits per heavy atom. The van der Waals surface area contributed by atoms with Crippen LogP contribution < -0.4 is 0 Å². The van der Waals surface area contributed by atoms with E-state index in [9.17, 15) is 0 Å². The summed E-state index contributed by atoms with van der Waals surface area (Å²) >= 11 is 0. The number of rotatable bonds is 5. The maximum absolute atomic E-state index is 2.53. The maximum atomic E-state index is 2.53. The Hall–Kier alpha value is -1.27. The molecule has 2 aromatic carbocycles. The number of fused-ring (bicyclic) bond motifs is 2. The van der Waals surface area contributed by atoms with Gasteiger partial charge in [-0.25, -0.2) is 0 Å². The minimum absolute atomic E-state index is 0. The third-order valence-electron chi connectivity index (χ3n) is 6.21. The fourth-order valence-corrected chi connectivity index (χ4v) is 11.0. The van der Waals surface area contributed by atoms with Crippen molar-refractivity contribution in [2.45, 2.75) is 43.4 Å². The van der Waals surface area contributed by atoms with E-state index in [1.54, 1.807) is 11.1 Å². The molecule has 25 heavy (non-hydrogen) atoms. The van der Waals surface area contributed by atoms with Crippen LogP contribution in [0, 0.1) is 0 Å². The predicted molar refractivity (Wildman–Crippen MR) is 115 cm³/mol. The average molecular weight is 338 g/mol. The van der Waals surface area contributed by atoms with Crippen LogP contribution >= 0.6 is 0 Å². The fraction of sp³-hybridized carbons (Fsp3) is 0.304. The van der Waals surface area contributed by atoms with Crippen LogP contribution in [0.1, 0.15) is 53.6 Å². The van der Waals surface area contributed by atoms with Gasteiger partial charge in [0, 0.05) is 0 Å². The van der Waals surface area contributed by atoms with Crippen molar-refractivity contribution in [1.82, 2.24) is 0 Å². The van der Waals surface area contributed by atoms with E-state index < -0.39 is 8.07 Å². The zero-order valence-electron chi connectivity index (χ0n) is 14.7. The van der Waals surface area contributed by atoms with Crippen LogP contribution in [-0.4, -0.2) is 26.9 Å². The molecule has 2 unspecified atom stereocenters. The van der Waals surface area contributed by atoms with Crippen LogP contribution in [0.15, 0.2) is 60.7 Å². The molecule has 0 nitrogen and oxygen atoms in total. The molecule has 0 saturated heterocycles. The van der Waals surface area contributed by atoms with E-state index in [1.807, 2.05) is 0 Å². The summed E-state index contributed by atoms with van der Waals surface area (Å²) in [6, 6.07) is 20.8. The van der Waals surface area contributed by atoms with Gasteiger partial charge in [-0.15, -0.1) is 0 Å². The second kappa shape index (κ2) is 7.54. The standard InChI is InChI=1S/C23H26Si.Li.H/c1-3-17-24(4-2,22-15-13-18-9-5-7-11-20(18)22)23-16-14-19-10-6-8-12-21(19)23;;/h5-16,22-23H,3-4,17H2,1-2H3;;. The van der Waals surface area contributed by atoms with Crippen molar-refractivity contribution in [1.29, 1.82) is 0 Å². The molecule has 124 valence electrons. The molecule has 2 aliphatic carbocycles. The van der Waals surface area contributed by atoms with Gasteiger partial charge in [-0.3, -0.25) is 0 Å². The third kappa shape index (κ3) is 2.93. The van der Waals surface area contributed by atoms with Crippen LogP contribution in [0.4, 0.5) is 0 Å². The first kappa shape index (κ1) is 18.5. The van der Waals surface area contributed by atoms with Gasteiger partial charge in [0.2, 0.25) is 0 Å². The van der Waals surface area contributed by atoms with Crippen LogP contribution in [0.2, 0.25) is 12.1 Å². The molecular formula is C23H27LiSi.